The van der Waals surface area contributed by atoms with Crippen molar-refractivity contribution in [3.05, 3.63) is 80.5 Å². The summed E-state index contributed by atoms with van der Waals surface area (Å²) in [6, 6.07) is 12.1. The Labute approximate surface area is 157 Å². The Morgan fingerprint density at radius 1 is 0.786 bits per heavy atom. The molecule has 7 heteroatoms. The summed E-state index contributed by atoms with van der Waals surface area (Å²) < 4.78 is 20.8. The SMILES string of the molecule is COc1ccc2cc(C(=O)c3cc(OC)cc4oc(=O)ccc34)c(=O)oc2c1. The predicted octanol–water partition coefficient (Wildman–Crippen LogP) is 3.15. The zero-order chi connectivity index (χ0) is 19.8. The zero-order valence-electron chi connectivity index (χ0n) is 15.0. The maximum Gasteiger partial charge on any atom is 0.347 e. The molecule has 0 saturated carbocycles. The van der Waals surface area contributed by atoms with Crippen LogP contribution in [0, 0.1) is 0 Å². The fraction of sp³-hybridized carbons (Fsp3) is 0.0952. The van der Waals surface area contributed by atoms with Gasteiger partial charge in [-0.05, 0) is 30.3 Å². The van der Waals surface area contributed by atoms with Crippen LogP contribution in [0.2, 0.25) is 0 Å². The van der Waals surface area contributed by atoms with E-state index in [9.17, 15) is 14.4 Å². The molecule has 0 aliphatic rings. The fourth-order valence-electron chi connectivity index (χ4n) is 2.98. The molecule has 4 rings (SSSR count). The highest BCUT2D eigenvalue weighted by molar-refractivity contribution is 6.16. The lowest BCUT2D eigenvalue weighted by Gasteiger charge is -2.08. The molecule has 4 aromatic rings. The Morgan fingerprint density at radius 3 is 2.29 bits per heavy atom. The molecule has 0 bridgehead atoms. The molecular weight excluding hydrogens is 364 g/mol. The van der Waals surface area contributed by atoms with Crippen molar-refractivity contribution in [3.63, 3.8) is 0 Å². The third-order valence-corrected chi connectivity index (χ3v) is 4.38. The highest BCUT2D eigenvalue weighted by Gasteiger charge is 2.20. The van der Waals surface area contributed by atoms with Crippen molar-refractivity contribution in [1.82, 2.24) is 0 Å². The topological polar surface area (TPSA) is 96.0 Å². The summed E-state index contributed by atoms with van der Waals surface area (Å²) in [5, 5.41) is 0.960. The van der Waals surface area contributed by atoms with Crippen molar-refractivity contribution in [1.29, 1.82) is 0 Å². The number of hydrogen-bond acceptors (Lipinski definition) is 7. The van der Waals surface area contributed by atoms with Crippen LogP contribution in [-0.2, 0) is 0 Å². The highest BCUT2D eigenvalue weighted by atomic mass is 16.5. The van der Waals surface area contributed by atoms with Crippen LogP contribution in [0.4, 0.5) is 0 Å². The van der Waals surface area contributed by atoms with Crippen LogP contribution in [0.3, 0.4) is 0 Å². The molecule has 0 aliphatic heterocycles. The van der Waals surface area contributed by atoms with Crippen molar-refractivity contribution in [2.45, 2.75) is 0 Å². The monoisotopic (exact) mass is 378 g/mol. The van der Waals surface area contributed by atoms with E-state index in [1.807, 2.05) is 0 Å². The van der Waals surface area contributed by atoms with E-state index in [1.54, 1.807) is 18.2 Å². The van der Waals surface area contributed by atoms with Gasteiger partial charge in [0.25, 0.3) is 0 Å². The molecule has 7 nitrogen and oxygen atoms in total. The van der Waals surface area contributed by atoms with Crippen LogP contribution in [0.5, 0.6) is 11.5 Å². The van der Waals surface area contributed by atoms with E-state index in [0.717, 1.165) is 0 Å². The van der Waals surface area contributed by atoms with E-state index in [-0.39, 0.29) is 16.7 Å². The Balaban J connectivity index is 1.93. The number of rotatable bonds is 4. The molecule has 0 radical (unpaired) electrons. The molecular formula is C21H14O7. The average molecular weight is 378 g/mol. The molecule has 0 amide bonds. The Kier molecular flexibility index (Phi) is 4.19. The molecule has 0 saturated heterocycles. The minimum Gasteiger partial charge on any atom is -0.497 e. The molecule has 2 aromatic heterocycles. The van der Waals surface area contributed by atoms with E-state index < -0.39 is 17.0 Å². The molecule has 0 N–H and O–H groups in total. The summed E-state index contributed by atoms with van der Waals surface area (Å²) in [6.45, 7) is 0. The summed E-state index contributed by atoms with van der Waals surface area (Å²) in [5.41, 5.74) is -0.818. The van der Waals surface area contributed by atoms with Gasteiger partial charge in [-0.15, -0.1) is 0 Å². The van der Waals surface area contributed by atoms with Gasteiger partial charge in [0.15, 0.2) is 0 Å². The number of methoxy groups -OCH3 is 2. The first-order valence-electron chi connectivity index (χ1n) is 8.28. The summed E-state index contributed by atoms with van der Waals surface area (Å²) in [6.07, 6.45) is 0. The van der Waals surface area contributed by atoms with Gasteiger partial charge in [-0.1, -0.05) is 0 Å². The highest BCUT2D eigenvalue weighted by Crippen LogP contribution is 2.27. The first-order chi connectivity index (χ1) is 13.5. The van der Waals surface area contributed by atoms with E-state index in [2.05, 4.69) is 0 Å². The van der Waals surface area contributed by atoms with E-state index >= 15 is 0 Å². The first kappa shape index (κ1) is 17.5. The summed E-state index contributed by atoms with van der Waals surface area (Å²) in [5.74, 6) is 0.285. The number of benzene rings is 2. The number of carbonyl (C=O) groups is 1. The van der Waals surface area contributed by atoms with Crippen molar-refractivity contribution < 1.29 is 23.1 Å². The number of carbonyl (C=O) groups excluding carboxylic acids is 1. The maximum atomic E-state index is 13.1. The van der Waals surface area contributed by atoms with E-state index in [1.165, 1.54) is 44.6 Å². The minimum atomic E-state index is -0.779. The summed E-state index contributed by atoms with van der Waals surface area (Å²) in [7, 11) is 2.93. The van der Waals surface area contributed by atoms with Gasteiger partial charge in [0.05, 0.1) is 14.2 Å². The lowest BCUT2D eigenvalue weighted by molar-refractivity contribution is 0.103. The standard InChI is InChI=1S/C21H14O7/c1-25-12-4-3-11-7-16(21(24)28-17(11)9-12)20(23)15-8-13(26-2)10-18-14(15)5-6-19(22)27-18/h3-10H,1-2H3. The number of ketones is 1. The van der Waals surface area contributed by atoms with Crippen LogP contribution >= 0.6 is 0 Å². The second-order valence-electron chi connectivity index (χ2n) is 6.02. The second-order valence-corrected chi connectivity index (χ2v) is 6.02. The lowest BCUT2D eigenvalue weighted by Crippen LogP contribution is -2.15. The van der Waals surface area contributed by atoms with Gasteiger partial charge in [0, 0.05) is 34.5 Å². The Hall–Kier alpha value is -3.87. The smallest absolute Gasteiger partial charge is 0.347 e. The Morgan fingerprint density at radius 2 is 1.54 bits per heavy atom. The van der Waals surface area contributed by atoms with Crippen LogP contribution in [-0.4, -0.2) is 20.0 Å². The normalized spacial score (nSPS) is 10.9. The number of ether oxygens (including phenoxy) is 2. The summed E-state index contributed by atoms with van der Waals surface area (Å²) in [4.78, 5) is 37.1. The first-order valence-corrected chi connectivity index (χ1v) is 8.28. The molecule has 2 heterocycles. The van der Waals surface area contributed by atoms with Gasteiger partial charge < -0.3 is 18.3 Å². The molecule has 140 valence electrons. The van der Waals surface area contributed by atoms with Crippen LogP contribution < -0.4 is 20.7 Å². The fourth-order valence-corrected chi connectivity index (χ4v) is 2.98. The Bertz CT molecular complexity index is 1340. The lowest BCUT2D eigenvalue weighted by atomic mass is 9.99. The van der Waals surface area contributed by atoms with Gasteiger partial charge in [0.2, 0.25) is 5.78 Å². The largest absolute Gasteiger partial charge is 0.497 e. The number of fused-ring (bicyclic) bond motifs is 2. The molecule has 2 aromatic carbocycles. The zero-order valence-corrected chi connectivity index (χ0v) is 15.0. The van der Waals surface area contributed by atoms with Crippen LogP contribution in [0.1, 0.15) is 15.9 Å². The molecule has 0 unspecified atom stereocenters. The van der Waals surface area contributed by atoms with Gasteiger partial charge in [-0.3, -0.25) is 4.79 Å². The van der Waals surface area contributed by atoms with Gasteiger partial charge >= 0.3 is 11.3 Å². The minimum absolute atomic E-state index is 0.140. The van der Waals surface area contributed by atoms with E-state index in [0.29, 0.717) is 27.9 Å². The predicted molar refractivity (Wildman–Crippen MR) is 102 cm³/mol. The van der Waals surface area contributed by atoms with Crippen molar-refractivity contribution in [3.8, 4) is 11.5 Å². The van der Waals surface area contributed by atoms with Crippen molar-refractivity contribution >= 4 is 27.7 Å². The van der Waals surface area contributed by atoms with Crippen molar-refractivity contribution in [2.24, 2.45) is 0 Å². The molecule has 0 fully saturated rings. The maximum absolute atomic E-state index is 13.1. The molecule has 28 heavy (non-hydrogen) atoms. The second kappa shape index (κ2) is 6.70. The van der Waals surface area contributed by atoms with Gasteiger partial charge in [-0.2, -0.15) is 0 Å². The van der Waals surface area contributed by atoms with Crippen LogP contribution in [0.25, 0.3) is 21.9 Å². The quantitative estimate of drug-likeness (QED) is 0.397. The third-order valence-electron chi connectivity index (χ3n) is 4.38. The molecule has 0 aliphatic carbocycles. The van der Waals surface area contributed by atoms with Gasteiger partial charge in [0.1, 0.15) is 28.2 Å². The average Bonchev–Trinajstić information content (AvgIpc) is 2.71. The van der Waals surface area contributed by atoms with Crippen molar-refractivity contribution in [2.75, 3.05) is 14.2 Å². The molecule has 0 atom stereocenters. The third kappa shape index (κ3) is 2.92. The number of hydrogen-bond donors (Lipinski definition) is 0. The summed E-state index contributed by atoms with van der Waals surface area (Å²) >= 11 is 0. The van der Waals surface area contributed by atoms with Crippen LogP contribution in [0.15, 0.2) is 67.0 Å². The molecule has 0 spiro atoms. The van der Waals surface area contributed by atoms with Gasteiger partial charge in [-0.25, -0.2) is 9.59 Å². The van der Waals surface area contributed by atoms with E-state index in [4.69, 9.17) is 18.3 Å².